The van der Waals surface area contributed by atoms with E-state index in [1.807, 2.05) is 13.8 Å². The summed E-state index contributed by atoms with van der Waals surface area (Å²) in [6.45, 7) is 8.29. The highest BCUT2D eigenvalue weighted by molar-refractivity contribution is 5.88. The number of aromatic hydroxyl groups is 2. The Kier molecular flexibility index (Phi) is 43.7. The molecule has 4 saturated heterocycles. The number of hydrogen-bond donors (Lipinski definition) is 19. The van der Waals surface area contributed by atoms with Gasteiger partial charge in [-0.1, -0.05) is 106 Å². The van der Waals surface area contributed by atoms with Crippen molar-refractivity contribution in [1.29, 1.82) is 0 Å². The van der Waals surface area contributed by atoms with E-state index < -0.39 is 237 Å². The average Bonchev–Trinajstić information content (AvgIpc) is 0.776. The number of phenols is 2. The standard InChI is InChI=1S/C46H66N2O18.C35H60N2O14.C11H8O5.2CH4/c1-4-25-16-27(30(52)11-8-14-47-35(53)18-26-19-36(54)62-31-20-28(51)12-13-29(26)31)17-32(42(25)66-46-41(58)40(57)38(55)22(2)61-46)64-45-37(48-23(3)50)43(39(56)34(21-49)65-45)63-33(44(59)60)15-24-9-6-5-7-10-24;1-4-20-14-21(22(40)11-8-12-36)15-23(31(20)51-35-30(44)29(43)27(41)17(2)47-35)49-34-26(37-18(3)39)32(28(42)25(16-38)50-34)48-24(33(45)46)13-19-9-6-5-7-10-19;12-7-1-2-8-6(3-10(13)14)4-11(15)16-9(8)5-7;;/h12-13,19-20,22,24-25,27,32-34,37-43,45-46,49,51,55-58H,4-11,14-18,21H2,1-3H3,(H,47,53)(H,48,50)(H,59,60);17,19-21,23-32,34-35,38,41-44H,4-16,36H2,1-3H3,(H,37,39)(H,45,46);1-2,4-5,12H,3H2,(H,13,14);2*1H4/t22-,25?,27?,32+,33-,34-,37?,38-,39-,40?,41-,42+,43?,45+,46?;17-,20?,21?,23+,24-,25-,26?,27-,28-,29?,30-,31+,32?,34+,35?;;;/m00.../s1. The van der Waals surface area contributed by atoms with Crippen molar-refractivity contribution in [2.75, 3.05) is 26.3 Å². The Morgan fingerprint density at radius 2 is 0.874 bits per heavy atom. The third kappa shape index (κ3) is 30.2. The zero-order valence-corrected chi connectivity index (χ0v) is 75.7. The van der Waals surface area contributed by atoms with E-state index in [-0.39, 0.29) is 131 Å². The highest BCUT2D eigenvalue weighted by atomic mass is 16.7. The number of ether oxygens (including phenoxy) is 10. The molecule has 4 aromatic rings. The van der Waals surface area contributed by atoms with Gasteiger partial charge in [0.25, 0.3) is 0 Å². The van der Waals surface area contributed by atoms with Gasteiger partial charge in [0.05, 0.1) is 62.7 Å². The number of fused-ring (bicyclic) bond motifs is 2. The SMILES string of the molecule is C.C.CCC1CC(C(=O)CCCN)C[C@@H](O[C@@H]2O[C@@H](CO)[C@H](O)C(O[C@@H](CC3CCCCC3)C(=O)O)C2NC(C)=O)[C@@H]1OC1O[C@@H](C)[C@H](O)C(O)[C@@H]1O.CCC1CC(C(=O)CCCNC(=O)Cc2cc(=O)oc3cc(O)ccc23)C[C@@H](O[C@@H]2O[C@@H](CO)[C@H](O)C(O[C@@H](CC3CCCCC3)C(=O)O)C2NC(C)=O)[C@@H]1OC1O[C@@H](C)[C@H](O)C(O)[C@@H]1O.O=C(O)Cc1cc(=O)oc2cc(O)ccc12. The molecule has 8 aliphatic rings. The van der Waals surface area contributed by atoms with E-state index in [9.17, 15) is 119 Å². The van der Waals surface area contributed by atoms with E-state index in [2.05, 4.69) is 16.0 Å². The van der Waals surface area contributed by atoms with Gasteiger partial charge < -0.3 is 154 Å². The van der Waals surface area contributed by atoms with Crippen LogP contribution in [0.4, 0.5) is 0 Å². The van der Waals surface area contributed by atoms with Crippen LogP contribution in [-0.2, 0) is 98.6 Å². The molecule has 0 radical (unpaired) electrons. The second-order valence-corrected chi connectivity index (χ2v) is 36.4. The molecule has 4 saturated carbocycles. The zero-order chi connectivity index (χ0) is 96.9. The minimum absolute atomic E-state index is 0. The molecule has 2 aromatic heterocycles. The number of Topliss-reactive ketones (excluding diaryl/α,β-unsaturated/α-hetero) is 2. The van der Waals surface area contributed by atoms with Gasteiger partial charge in [0.1, 0.15) is 120 Å². The number of amides is 3. The summed E-state index contributed by atoms with van der Waals surface area (Å²) in [5, 5.41) is 164. The lowest BCUT2D eigenvalue weighted by Gasteiger charge is -2.49. The molecule has 8 fully saturated rings. The first-order valence-electron chi connectivity index (χ1n) is 46.3. The third-order valence-electron chi connectivity index (χ3n) is 26.7. The molecule has 2 aromatic carbocycles. The molecule has 30 atom stereocenters. The maximum absolute atomic E-state index is 14.0. The Balaban J connectivity index is 0.000000286. The topological polar surface area (TPSA) is 655 Å². The summed E-state index contributed by atoms with van der Waals surface area (Å²) < 4.78 is 72.1. The van der Waals surface area contributed by atoms with Gasteiger partial charge in [-0.15, -0.1) is 0 Å². The molecule has 760 valence electrons. The molecule has 3 amide bonds. The fourth-order valence-electron chi connectivity index (χ4n) is 19.6. The van der Waals surface area contributed by atoms with Crippen LogP contribution >= 0.6 is 0 Å². The number of aliphatic hydroxyl groups excluding tert-OH is 10. The maximum atomic E-state index is 14.0. The van der Waals surface area contributed by atoms with Gasteiger partial charge in [0.2, 0.25) is 17.7 Å². The fraction of sp³-hybridized carbons (Fsp3) is 0.723. The number of rotatable bonds is 37. The van der Waals surface area contributed by atoms with Crippen molar-refractivity contribution >= 4 is 69.1 Å². The molecule has 0 spiro atoms. The van der Waals surface area contributed by atoms with Crippen molar-refractivity contribution in [1.82, 2.24) is 16.0 Å². The number of carboxylic acids is 3. The maximum Gasteiger partial charge on any atom is 0.336 e. The van der Waals surface area contributed by atoms with E-state index in [4.69, 9.17) is 67.0 Å². The quantitative estimate of drug-likeness (QED) is 0.0228. The molecule has 12 rings (SSSR count). The second kappa shape index (κ2) is 52.7. The first kappa shape index (κ1) is 112. The van der Waals surface area contributed by atoms with Crippen molar-refractivity contribution < 1.29 is 171 Å². The van der Waals surface area contributed by atoms with E-state index in [1.54, 1.807) is 6.07 Å². The lowest BCUT2D eigenvalue weighted by atomic mass is 9.74. The number of aliphatic carboxylic acids is 3. The van der Waals surface area contributed by atoms with Crippen LogP contribution in [-0.4, -0.2) is 309 Å². The minimum Gasteiger partial charge on any atom is -0.508 e. The van der Waals surface area contributed by atoms with Crippen LogP contribution in [0.2, 0.25) is 0 Å². The molecule has 4 aliphatic heterocycles. The van der Waals surface area contributed by atoms with Crippen molar-refractivity contribution in [2.24, 2.45) is 41.2 Å². The minimum atomic E-state index is -1.68. The number of carbonyl (C=O) groups excluding carboxylic acids is 5. The number of phenolic OH excluding ortho intramolecular Hbond substituents is 2. The molecule has 12 unspecified atom stereocenters. The highest BCUT2D eigenvalue weighted by Crippen LogP contribution is 2.44. The highest BCUT2D eigenvalue weighted by Gasteiger charge is 2.56. The monoisotopic (exact) mass is 1920 g/mol. The number of ketones is 2. The Morgan fingerprint density at radius 1 is 0.481 bits per heavy atom. The number of nitrogens with two attached hydrogens (primary N) is 1. The van der Waals surface area contributed by atoms with Crippen molar-refractivity contribution in [2.45, 2.75) is 370 Å². The Hall–Kier alpha value is -8.22. The van der Waals surface area contributed by atoms with Crippen molar-refractivity contribution in [3.05, 3.63) is 80.5 Å². The van der Waals surface area contributed by atoms with Crippen LogP contribution in [0, 0.1) is 35.5 Å². The Bertz CT molecular complexity index is 4600. The van der Waals surface area contributed by atoms with Gasteiger partial charge in [-0.2, -0.15) is 0 Å². The van der Waals surface area contributed by atoms with Gasteiger partial charge in [-0.05, 0) is 131 Å². The molecule has 6 heterocycles. The largest absolute Gasteiger partial charge is 0.508 e. The molecular weight excluding hydrogens is 1780 g/mol. The molecule has 20 N–H and O–H groups in total. The molecule has 41 nitrogen and oxygen atoms in total. The van der Waals surface area contributed by atoms with Gasteiger partial charge >= 0.3 is 29.2 Å². The van der Waals surface area contributed by atoms with Crippen LogP contribution in [0.15, 0.2) is 67.0 Å². The first-order chi connectivity index (χ1) is 63.3. The summed E-state index contributed by atoms with van der Waals surface area (Å²) in [7, 11) is 0. The molecule has 135 heavy (non-hydrogen) atoms. The normalized spacial score (nSPS) is 32.7. The van der Waals surface area contributed by atoms with Gasteiger partial charge in [0.15, 0.2) is 37.4 Å². The first-order valence-corrected chi connectivity index (χ1v) is 46.3. The predicted octanol–water partition coefficient (Wildman–Crippen LogP) is 3.05. The van der Waals surface area contributed by atoms with Crippen LogP contribution in [0.3, 0.4) is 0 Å². The van der Waals surface area contributed by atoms with E-state index in [0.29, 0.717) is 60.5 Å². The number of hydrogen-bond acceptors (Lipinski definition) is 35. The Labute approximate surface area is 782 Å². The summed E-state index contributed by atoms with van der Waals surface area (Å²) in [4.78, 5) is 125. The number of carbonyl (C=O) groups is 8. The van der Waals surface area contributed by atoms with Crippen LogP contribution in [0.25, 0.3) is 21.9 Å². The van der Waals surface area contributed by atoms with E-state index >= 15 is 0 Å². The number of carboxylic acid groups (broad SMARTS) is 3. The van der Waals surface area contributed by atoms with Crippen molar-refractivity contribution in [3.63, 3.8) is 0 Å². The fourth-order valence-corrected chi connectivity index (χ4v) is 19.6. The summed E-state index contributed by atoms with van der Waals surface area (Å²) in [5.74, 6) is -7.12. The van der Waals surface area contributed by atoms with Crippen LogP contribution < -0.4 is 32.9 Å². The summed E-state index contributed by atoms with van der Waals surface area (Å²) >= 11 is 0. The zero-order valence-electron chi connectivity index (χ0n) is 75.7. The smallest absolute Gasteiger partial charge is 0.336 e. The van der Waals surface area contributed by atoms with Crippen LogP contribution in [0.1, 0.15) is 209 Å². The summed E-state index contributed by atoms with van der Waals surface area (Å²) in [5.41, 5.74) is 5.46. The Morgan fingerprint density at radius 3 is 1.24 bits per heavy atom. The molecule has 4 aliphatic carbocycles. The lowest BCUT2D eigenvalue weighted by Crippen LogP contribution is -2.67. The molecule has 0 bridgehead atoms. The number of benzene rings is 2. The summed E-state index contributed by atoms with van der Waals surface area (Å²) in [6.07, 6.45) is -20.0. The average molecular weight is 1920 g/mol. The lowest BCUT2D eigenvalue weighted by molar-refractivity contribution is -0.338. The second-order valence-electron chi connectivity index (χ2n) is 36.4. The van der Waals surface area contributed by atoms with Gasteiger partial charge in [-0.3, -0.25) is 28.8 Å². The predicted molar refractivity (Wildman–Crippen MR) is 478 cm³/mol. The molecular formula is C94H142N4O37. The van der Waals surface area contributed by atoms with Crippen LogP contribution in [0.5, 0.6) is 11.5 Å². The van der Waals surface area contributed by atoms with E-state index in [0.717, 1.165) is 70.3 Å². The summed E-state index contributed by atoms with van der Waals surface area (Å²) in [6, 6.07) is 8.22. The number of aliphatic hydroxyl groups is 10. The van der Waals surface area contributed by atoms with Gasteiger partial charge in [0, 0.05) is 80.1 Å². The molecule has 41 heteroatoms. The number of nitrogens with one attached hydrogen (secondary N) is 3. The third-order valence-corrected chi connectivity index (χ3v) is 26.7. The van der Waals surface area contributed by atoms with E-state index in [1.165, 1.54) is 64.1 Å². The van der Waals surface area contributed by atoms with Crippen molar-refractivity contribution in [3.8, 4) is 11.5 Å². The van der Waals surface area contributed by atoms with Gasteiger partial charge in [-0.25, -0.2) is 19.2 Å².